The monoisotopic (exact) mass is 446 g/mol. The molecular weight excluding hydrogens is 418 g/mol. The highest BCUT2D eigenvalue weighted by Crippen LogP contribution is 2.44. The van der Waals surface area contributed by atoms with Gasteiger partial charge in [0, 0.05) is 50.3 Å². The van der Waals surface area contributed by atoms with Gasteiger partial charge in [0.15, 0.2) is 5.78 Å². The van der Waals surface area contributed by atoms with E-state index in [9.17, 15) is 13.6 Å². The predicted molar refractivity (Wildman–Crippen MR) is 125 cm³/mol. The van der Waals surface area contributed by atoms with E-state index in [4.69, 9.17) is 0 Å². The zero-order chi connectivity index (χ0) is 23.2. The zero-order valence-electron chi connectivity index (χ0n) is 19.1. The van der Waals surface area contributed by atoms with Gasteiger partial charge in [-0.1, -0.05) is 48.0 Å². The molecule has 3 nitrogen and oxygen atoms in total. The molecular formula is C28H28F2N2O. The highest BCUT2D eigenvalue weighted by atomic mass is 19.1. The Morgan fingerprint density at radius 3 is 2.39 bits per heavy atom. The number of piperazine rings is 1. The maximum atomic E-state index is 14.7. The molecule has 2 aliphatic rings. The number of halogens is 2. The predicted octanol–water partition coefficient (Wildman–Crippen LogP) is 5.03. The number of ketones is 1. The van der Waals surface area contributed by atoms with Gasteiger partial charge in [0.05, 0.1) is 0 Å². The van der Waals surface area contributed by atoms with Crippen molar-refractivity contribution >= 4 is 5.78 Å². The number of carbonyl (C=O) groups is 1. The van der Waals surface area contributed by atoms with Gasteiger partial charge in [0.1, 0.15) is 17.2 Å². The Bertz CT molecular complexity index is 1220. The van der Waals surface area contributed by atoms with Crippen molar-refractivity contribution < 1.29 is 13.6 Å². The summed E-state index contributed by atoms with van der Waals surface area (Å²) < 4.78 is 28.5. The molecule has 0 aromatic heterocycles. The molecule has 0 spiro atoms. The van der Waals surface area contributed by atoms with Crippen LogP contribution in [0.4, 0.5) is 8.78 Å². The summed E-state index contributed by atoms with van der Waals surface area (Å²) in [7, 11) is 0. The largest absolute Gasteiger partial charge is 0.297 e. The molecule has 1 unspecified atom stereocenters. The van der Waals surface area contributed by atoms with Crippen LogP contribution in [0.15, 0.2) is 60.7 Å². The minimum absolute atomic E-state index is 0.0166. The van der Waals surface area contributed by atoms with E-state index >= 15 is 0 Å². The Labute approximate surface area is 193 Å². The summed E-state index contributed by atoms with van der Waals surface area (Å²) >= 11 is 0. The van der Waals surface area contributed by atoms with Crippen LogP contribution in [0.1, 0.15) is 38.2 Å². The number of aryl methyl sites for hydroxylation is 2. The van der Waals surface area contributed by atoms with Crippen LogP contribution in [-0.2, 0) is 18.5 Å². The summed E-state index contributed by atoms with van der Waals surface area (Å²) in [6.07, 6.45) is 0.348. The molecule has 5 rings (SSSR count). The van der Waals surface area contributed by atoms with Gasteiger partial charge < -0.3 is 0 Å². The minimum Gasteiger partial charge on any atom is -0.297 e. The fraction of sp³-hybridized carbons (Fsp3) is 0.321. The maximum absolute atomic E-state index is 14.7. The Morgan fingerprint density at radius 2 is 1.67 bits per heavy atom. The Morgan fingerprint density at radius 1 is 0.909 bits per heavy atom. The molecule has 1 fully saturated rings. The van der Waals surface area contributed by atoms with Gasteiger partial charge in [-0.25, -0.2) is 8.78 Å². The molecule has 5 heteroatoms. The number of fused-ring (bicyclic) bond motifs is 1. The lowest BCUT2D eigenvalue weighted by Crippen LogP contribution is -2.58. The third-order valence-electron chi connectivity index (χ3n) is 7.28. The Balaban J connectivity index is 1.44. The first-order valence-electron chi connectivity index (χ1n) is 11.5. The van der Waals surface area contributed by atoms with E-state index < -0.39 is 5.54 Å². The van der Waals surface area contributed by atoms with E-state index in [0.29, 0.717) is 37.2 Å². The topological polar surface area (TPSA) is 23.6 Å². The van der Waals surface area contributed by atoms with Gasteiger partial charge >= 0.3 is 0 Å². The van der Waals surface area contributed by atoms with Crippen molar-refractivity contribution in [3.8, 4) is 0 Å². The van der Waals surface area contributed by atoms with Crippen molar-refractivity contribution in [2.45, 2.75) is 32.4 Å². The summed E-state index contributed by atoms with van der Waals surface area (Å²) in [4.78, 5) is 18.4. The van der Waals surface area contributed by atoms with Crippen LogP contribution in [0, 0.1) is 25.5 Å². The normalized spacial score (nSPS) is 21.4. The van der Waals surface area contributed by atoms with Crippen molar-refractivity contribution in [2.24, 2.45) is 0 Å². The van der Waals surface area contributed by atoms with Gasteiger partial charge in [-0.05, 0) is 48.7 Å². The van der Waals surface area contributed by atoms with Gasteiger partial charge in [-0.3, -0.25) is 14.6 Å². The number of hydrogen-bond acceptors (Lipinski definition) is 3. The van der Waals surface area contributed by atoms with E-state index in [1.54, 1.807) is 18.2 Å². The first-order chi connectivity index (χ1) is 15.9. The Kier molecular flexibility index (Phi) is 5.63. The smallest absolute Gasteiger partial charge is 0.188 e. The maximum Gasteiger partial charge on any atom is 0.188 e. The first kappa shape index (κ1) is 21.9. The zero-order valence-corrected chi connectivity index (χ0v) is 19.1. The Hall–Kier alpha value is -2.89. The first-order valence-corrected chi connectivity index (χ1v) is 11.5. The van der Waals surface area contributed by atoms with Crippen LogP contribution < -0.4 is 0 Å². The van der Waals surface area contributed by atoms with Crippen LogP contribution in [0.5, 0.6) is 0 Å². The standard InChI is InChI=1S/C28H28F2N2O/c1-19-5-3-6-22(15-19)28(17-25-24(27(28)33)7-4-8-26(25)30)32-13-11-31(12-14-32)18-21-16-23(29)10-9-20(21)2/h3-10,15-16H,11-14,17-18H2,1-2H3. The number of Topliss-reactive ketones (excluding diaryl/α,β-unsaturated/α-hetero) is 1. The quantitative estimate of drug-likeness (QED) is 0.561. The number of benzene rings is 3. The average molecular weight is 447 g/mol. The number of rotatable bonds is 4. The van der Waals surface area contributed by atoms with E-state index in [1.165, 1.54) is 12.1 Å². The fourth-order valence-corrected chi connectivity index (χ4v) is 5.42. The van der Waals surface area contributed by atoms with Crippen LogP contribution in [0.2, 0.25) is 0 Å². The molecule has 3 aromatic carbocycles. The highest BCUT2D eigenvalue weighted by Gasteiger charge is 2.52. The van der Waals surface area contributed by atoms with Gasteiger partial charge in [0.2, 0.25) is 0 Å². The van der Waals surface area contributed by atoms with Gasteiger partial charge in [-0.15, -0.1) is 0 Å². The summed E-state index contributed by atoms with van der Waals surface area (Å²) in [6, 6.07) is 17.8. The summed E-state index contributed by atoms with van der Waals surface area (Å²) in [5.74, 6) is -0.545. The lowest BCUT2D eigenvalue weighted by atomic mass is 9.82. The highest BCUT2D eigenvalue weighted by molar-refractivity contribution is 6.08. The fourth-order valence-electron chi connectivity index (χ4n) is 5.42. The van der Waals surface area contributed by atoms with Crippen molar-refractivity contribution in [2.75, 3.05) is 26.2 Å². The average Bonchev–Trinajstić information content (AvgIpc) is 3.12. The molecule has 0 saturated carbocycles. The molecule has 0 amide bonds. The SMILES string of the molecule is Cc1cccc(C2(N3CCN(Cc4cc(F)ccc4C)CC3)Cc3c(F)cccc3C2=O)c1. The molecule has 170 valence electrons. The molecule has 0 N–H and O–H groups in total. The molecule has 1 aliphatic heterocycles. The van der Waals surface area contributed by atoms with Gasteiger partial charge in [-0.2, -0.15) is 0 Å². The minimum atomic E-state index is -0.891. The summed E-state index contributed by atoms with van der Waals surface area (Å²) in [5, 5.41) is 0. The molecule has 0 radical (unpaired) electrons. The second-order valence-corrected chi connectivity index (χ2v) is 9.34. The third-order valence-corrected chi connectivity index (χ3v) is 7.28. The van der Waals surface area contributed by atoms with Crippen molar-refractivity contribution in [1.29, 1.82) is 0 Å². The molecule has 1 saturated heterocycles. The molecule has 1 heterocycles. The number of nitrogens with zero attached hydrogens (tertiary/aromatic N) is 2. The van der Waals surface area contributed by atoms with Crippen molar-refractivity contribution in [3.05, 3.63) is 106 Å². The van der Waals surface area contributed by atoms with Crippen molar-refractivity contribution in [1.82, 2.24) is 9.80 Å². The van der Waals surface area contributed by atoms with E-state index in [1.807, 2.05) is 38.1 Å². The van der Waals surface area contributed by atoms with Crippen molar-refractivity contribution in [3.63, 3.8) is 0 Å². The van der Waals surface area contributed by atoms with E-state index in [0.717, 1.165) is 35.3 Å². The molecule has 0 bridgehead atoms. The summed E-state index contributed by atoms with van der Waals surface area (Å²) in [5.41, 5.74) is 4.19. The third kappa shape index (κ3) is 3.79. The van der Waals surface area contributed by atoms with Crippen LogP contribution >= 0.6 is 0 Å². The van der Waals surface area contributed by atoms with E-state index in [-0.39, 0.29) is 17.4 Å². The molecule has 1 aliphatic carbocycles. The molecule has 3 aromatic rings. The molecule has 1 atom stereocenters. The van der Waals surface area contributed by atoms with Crippen LogP contribution in [0.3, 0.4) is 0 Å². The van der Waals surface area contributed by atoms with Crippen LogP contribution in [0.25, 0.3) is 0 Å². The lowest BCUT2D eigenvalue weighted by molar-refractivity contribution is 0.0286. The molecule has 33 heavy (non-hydrogen) atoms. The second kappa shape index (κ2) is 8.47. The van der Waals surface area contributed by atoms with Crippen LogP contribution in [-0.4, -0.2) is 41.8 Å². The second-order valence-electron chi connectivity index (χ2n) is 9.34. The lowest BCUT2D eigenvalue weighted by Gasteiger charge is -2.45. The number of hydrogen-bond donors (Lipinski definition) is 0. The number of carbonyl (C=O) groups excluding carboxylic acids is 1. The summed E-state index contributed by atoms with van der Waals surface area (Å²) in [6.45, 7) is 7.58. The van der Waals surface area contributed by atoms with Gasteiger partial charge in [0.25, 0.3) is 0 Å². The van der Waals surface area contributed by atoms with E-state index in [2.05, 4.69) is 15.9 Å².